The van der Waals surface area contributed by atoms with Gasteiger partial charge in [-0.2, -0.15) is 0 Å². The summed E-state index contributed by atoms with van der Waals surface area (Å²) in [6, 6.07) is 6.76. The highest BCUT2D eigenvalue weighted by Crippen LogP contribution is 2.43. The summed E-state index contributed by atoms with van der Waals surface area (Å²) in [5.74, 6) is 0.199. The number of hydrogen-bond acceptors (Lipinski definition) is 7. The largest absolute Gasteiger partial charge is 0.368 e. The Morgan fingerprint density at radius 3 is 2.70 bits per heavy atom. The highest BCUT2D eigenvalue weighted by Gasteiger charge is 2.41. The van der Waals surface area contributed by atoms with E-state index in [0.29, 0.717) is 33.6 Å². The van der Waals surface area contributed by atoms with Crippen LogP contribution in [0.1, 0.15) is 48.5 Å². The third-order valence-electron chi connectivity index (χ3n) is 5.21. The molecule has 0 unspecified atom stereocenters. The molecule has 2 N–H and O–H groups in total. The lowest BCUT2D eigenvalue weighted by Gasteiger charge is -2.41. The molecule has 156 valence electrons. The fourth-order valence-corrected chi connectivity index (χ4v) is 4.29. The lowest BCUT2D eigenvalue weighted by molar-refractivity contribution is 0.0947. The third kappa shape index (κ3) is 4.16. The van der Waals surface area contributed by atoms with Crippen LogP contribution >= 0.6 is 11.3 Å². The Morgan fingerprint density at radius 1 is 1.23 bits per heavy atom. The molecule has 0 bridgehead atoms. The molecule has 30 heavy (non-hydrogen) atoms. The van der Waals surface area contributed by atoms with Crippen LogP contribution in [0.15, 0.2) is 36.7 Å². The first-order valence-electron chi connectivity index (χ1n) is 9.92. The maximum atomic E-state index is 14.2. The molecular weight excluding hydrogens is 403 g/mol. The predicted molar refractivity (Wildman–Crippen MR) is 114 cm³/mol. The summed E-state index contributed by atoms with van der Waals surface area (Å²) in [6.07, 6.45) is 6.02. The van der Waals surface area contributed by atoms with Crippen molar-refractivity contribution in [1.29, 1.82) is 0 Å². The van der Waals surface area contributed by atoms with Gasteiger partial charge in [-0.05, 0) is 51.0 Å². The maximum absolute atomic E-state index is 14.2. The molecule has 1 fully saturated rings. The van der Waals surface area contributed by atoms with Gasteiger partial charge >= 0.3 is 0 Å². The molecule has 7 nitrogen and oxygen atoms in total. The Labute approximate surface area is 178 Å². The molecule has 1 aliphatic carbocycles. The van der Waals surface area contributed by atoms with Gasteiger partial charge in [-0.3, -0.25) is 9.78 Å². The number of pyridine rings is 1. The molecule has 3 heterocycles. The number of halogens is 1. The van der Waals surface area contributed by atoms with Crippen LogP contribution in [-0.2, 0) is 5.41 Å². The minimum absolute atomic E-state index is 0.0618. The molecule has 0 atom stereocenters. The monoisotopic (exact) mass is 426 g/mol. The van der Waals surface area contributed by atoms with Gasteiger partial charge in [0, 0.05) is 24.2 Å². The molecule has 3 aromatic rings. The number of rotatable bonds is 7. The Bertz CT molecular complexity index is 1030. The second-order valence-corrected chi connectivity index (χ2v) is 8.81. The molecule has 0 radical (unpaired) electrons. The third-order valence-corrected chi connectivity index (χ3v) is 6.23. The zero-order valence-corrected chi connectivity index (χ0v) is 17.7. The number of amides is 1. The van der Waals surface area contributed by atoms with E-state index in [1.165, 1.54) is 17.4 Å². The second-order valence-electron chi connectivity index (χ2n) is 7.78. The Morgan fingerprint density at radius 2 is 2.07 bits per heavy atom. The first-order valence-corrected chi connectivity index (χ1v) is 10.7. The molecule has 3 aromatic heterocycles. The van der Waals surface area contributed by atoms with Crippen LogP contribution < -0.4 is 10.6 Å². The van der Waals surface area contributed by atoms with Crippen molar-refractivity contribution >= 4 is 23.1 Å². The van der Waals surface area contributed by atoms with Crippen molar-refractivity contribution in [1.82, 2.24) is 25.5 Å². The summed E-state index contributed by atoms with van der Waals surface area (Å²) >= 11 is 1.28. The lowest BCUT2D eigenvalue weighted by Crippen LogP contribution is -2.42. The highest BCUT2D eigenvalue weighted by atomic mass is 32.1. The van der Waals surface area contributed by atoms with E-state index in [9.17, 15) is 9.18 Å². The van der Waals surface area contributed by atoms with E-state index in [-0.39, 0.29) is 23.2 Å². The van der Waals surface area contributed by atoms with Gasteiger partial charge in [0.1, 0.15) is 27.2 Å². The molecule has 0 aliphatic heterocycles. The molecule has 1 saturated carbocycles. The van der Waals surface area contributed by atoms with Crippen molar-refractivity contribution in [3.05, 3.63) is 53.0 Å². The van der Waals surface area contributed by atoms with Crippen molar-refractivity contribution < 1.29 is 9.18 Å². The van der Waals surface area contributed by atoms with Gasteiger partial charge < -0.3 is 10.6 Å². The summed E-state index contributed by atoms with van der Waals surface area (Å²) in [5.41, 5.74) is 0.811. The van der Waals surface area contributed by atoms with Crippen LogP contribution in [0, 0.1) is 5.82 Å². The molecule has 0 aromatic carbocycles. The number of thiazole rings is 1. The van der Waals surface area contributed by atoms with Crippen molar-refractivity contribution in [2.24, 2.45) is 0 Å². The van der Waals surface area contributed by atoms with Crippen LogP contribution in [-0.4, -0.2) is 38.7 Å². The first-order chi connectivity index (χ1) is 14.5. The van der Waals surface area contributed by atoms with Gasteiger partial charge in [0.2, 0.25) is 0 Å². The minimum atomic E-state index is -0.306. The number of nitrogens with one attached hydrogen (secondary N) is 2. The fourth-order valence-electron chi connectivity index (χ4n) is 3.51. The first kappa shape index (κ1) is 20.3. The molecule has 1 aliphatic rings. The fraction of sp³-hybridized carbons (Fsp3) is 0.381. The normalized spacial score (nSPS) is 14.9. The quantitative estimate of drug-likeness (QED) is 0.597. The van der Waals surface area contributed by atoms with Crippen LogP contribution in [0.5, 0.6) is 0 Å². The average Bonchev–Trinajstić information content (AvgIpc) is 3.19. The minimum Gasteiger partial charge on any atom is -0.368 e. The van der Waals surface area contributed by atoms with E-state index >= 15 is 0 Å². The molecule has 0 spiro atoms. The van der Waals surface area contributed by atoms with Gasteiger partial charge in [0.25, 0.3) is 5.91 Å². The van der Waals surface area contributed by atoms with Crippen LogP contribution in [0.25, 0.3) is 10.7 Å². The van der Waals surface area contributed by atoms with Crippen molar-refractivity contribution in [3.8, 4) is 10.7 Å². The van der Waals surface area contributed by atoms with Gasteiger partial charge in [0.05, 0.1) is 11.9 Å². The van der Waals surface area contributed by atoms with E-state index < -0.39 is 0 Å². The van der Waals surface area contributed by atoms with Crippen molar-refractivity contribution in [3.63, 3.8) is 0 Å². The molecule has 4 rings (SSSR count). The lowest BCUT2D eigenvalue weighted by atomic mass is 9.66. The zero-order chi connectivity index (χ0) is 21.1. The van der Waals surface area contributed by atoms with Crippen LogP contribution in [0.3, 0.4) is 0 Å². The zero-order valence-electron chi connectivity index (χ0n) is 16.9. The number of anilines is 1. The van der Waals surface area contributed by atoms with E-state index in [1.54, 1.807) is 18.5 Å². The van der Waals surface area contributed by atoms with E-state index in [4.69, 9.17) is 0 Å². The summed E-state index contributed by atoms with van der Waals surface area (Å²) < 4.78 is 14.2. The molecule has 9 heteroatoms. The van der Waals surface area contributed by atoms with Gasteiger partial charge in [-0.1, -0.05) is 6.42 Å². The smallest absolute Gasteiger partial charge is 0.263 e. The average molecular weight is 427 g/mol. The maximum Gasteiger partial charge on any atom is 0.263 e. The number of hydrogen-bond donors (Lipinski definition) is 2. The van der Waals surface area contributed by atoms with E-state index in [1.807, 2.05) is 26.0 Å². The predicted octanol–water partition coefficient (Wildman–Crippen LogP) is 3.81. The number of carbonyl (C=O) groups is 1. The van der Waals surface area contributed by atoms with Gasteiger partial charge in [-0.15, -0.1) is 21.5 Å². The SMILES string of the molecule is CC(C)NC(=O)c1cnc(-c2ccc(NCC3(c4ncccc4F)CCC3)nn2)s1. The van der Waals surface area contributed by atoms with Gasteiger partial charge in [0.15, 0.2) is 0 Å². The van der Waals surface area contributed by atoms with Gasteiger partial charge in [-0.25, -0.2) is 9.37 Å². The van der Waals surface area contributed by atoms with Crippen LogP contribution in [0.2, 0.25) is 0 Å². The highest BCUT2D eigenvalue weighted by molar-refractivity contribution is 7.16. The Hall–Kier alpha value is -2.94. The standard InChI is InChI=1S/C21H23FN6OS/c1-13(2)26-19(29)16-11-24-20(30-16)15-6-7-17(28-27-15)25-12-21(8-4-9-21)18-14(22)5-3-10-23-18/h3,5-7,10-11,13H,4,8-9,12H2,1-2H3,(H,25,28)(H,26,29). The summed E-state index contributed by atoms with van der Waals surface area (Å²) in [4.78, 5) is 21.2. The molecular formula is C21H23FN6OS. The summed E-state index contributed by atoms with van der Waals surface area (Å²) in [6.45, 7) is 4.37. The molecule has 1 amide bonds. The van der Waals surface area contributed by atoms with Crippen LogP contribution in [0.4, 0.5) is 10.2 Å². The van der Waals surface area contributed by atoms with Crippen molar-refractivity contribution in [2.45, 2.75) is 44.6 Å². The summed E-state index contributed by atoms with van der Waals surface area (Å²) in [5, 5.41) is 15.2. The van der Waals surface area contributed by atoms with E-state index in [2.05, 4.69) is 30.8 Å². The van der Waals surface area contributed by atoms with Crippen molar-refractivity contribution in [2.75, 3.05) is 11.9 Å². The summed E-state index contributed by atoms with van der Waals surface area (Å²) in [7, 11) is 0. The van der Waals surface area contributed by atoms with E-state index in [0.717, 1.165) is 19.3 Å². The number of carbonyl (C=O) groups excluding carboxylic acids is 1. The molecule has 0 saturated heterocycles. The number of aromatic nitrogens is 4. The Balaban J connectivity index is 1.43. The second kappa shape index (κ2) is 8.43. The number of nitrogens with zero attached hydrogens (tertiary/aromatic N) is 4. The topological polar surface area (TPSA) is 92.7 Å². The Kier molecular flexibility index (Phi) is 5.72.